The molecule has 24 heavy (non-hydrogen) atoms. The second-order valence-corrected chi connectivity index (χ2v) is 6.53. The van der Waals surface area contributed by atoms with Gasteiger partial charge in [0, 0.05) is 11.3 Å². The minimum Gasteiger partial charge on any atom is -0.467 e. The van der Waals surface area contributed by atoms with E-state index in [1.807, 2.05) is 6.07 Å². The maximum Gasteiger partial charge on any atom is 0.233 e. The normalized spacial score (nSPS) is 11.6. The summed E-state index contributed by atoms with van der Waals surface area (Å²) in [6.45, 7) is 5.18. The molecule has 0 bridgehead atoms. The average Bonchev–Trinajstić information content (AvgIpc) is 3.05. The van der Waals surface area contributed by atoms with Gasteiger partial charge < -0.3 is 9.73 Å². The number of furan rings is 1. The second-order valence-electron chi connectivity index (χ2n) is 5.20. The van der Waals surface area contributed by atoms with Crippen molar-refractivity contribution in [2.75, 3.05) is 0 Å². The van der Waals surface area contributed by atoms with Crippen LogP contribution in [0.25, 0.3) is 0 Å². The van der Waals surface area contributed by atoms with Crippen molar-refractivity contribution in [1.82, 2.24) is 10.3 Å². The van der Waals surface area contributed by atoms with Gasteiger partial charge in [-0.3, -0.25) is 9.59 Å². The number of Topliss-reactive ketones (excluding diaryl/α,β-unsaturated/α-hetero) is 1. The van der Waals surface area contributed by atoms with Gasteiger partial charge in [0.05, 0.1) is 23.6 Å². The van der Waals surface area contributed by atoms with Gasteiger partial charge in [-0.2, -0.15) is 5.26 Å². The molecule has 0 radical (unpaired) electrons. The predicted molar refractivity (Wildman–Crippen MR) is 89.6 cm³/mol. The molecule has 1 amide bonds. The quantitative estimate of drug-likeness (QED) is 0.640. The highest BCUT2D eigenvalue weighted by molar-refractivity contribution is 8.00. The van der Waals surface area contributed by atoms with E-state index >= 15 is 0 Å². The zero-order valence-corrected chi connectivity index (χ0v) is 14.4. The van der Waals surface area contributed by atoms with Crippen LogP contribution in [0.1, 0.15) is 41.2 Å². The lowest BCUT2D eigenvalue weighted by molar-refractivity contribution is -0.120. The van der Waals surface area contributed by atoms with Gasteiger partial charge in [-0.15, -0.1) is 0 Å². The summed E-state index contributed by atoms with van der Waals surface area (Å²) in [5, 5.41) is 12.0. The molecular weight excluding hydrogens is 326 g/mol. The molecule has 0 unspecified atom stereocenters. The molecule has 1 N–H and O–H groups in total. The minimum atomic E-state index is -0.442. The maximum absolute atomic E-state index is 12.2. The Morgan fingerprint density at radius 2 is 2.25 bits per heavy atom. The lowest BCUT2D eigenvalue weighted by Gasteiger charge is -2.13. The molecule has 0 aliphatic rings. The summed E-state index contributed by atoms with van der Waals surface area (Å²) < 4.78 is 5.16. The molecule has 2 heterocycles. The van der Waals surface area contributed by atoms with E-state index in [0.29, 0.717) is 34.2 Å². The van der Waals surface area contributed by atoms with Gasteiger partial charge in [-0.1, -0.05) is 11.8 Å². The summed E-state index contributed by atoms with van der Waals surface area (Å²) in [5.74, 6) is 0.339. The average molecular weight is 343 g/mol. The van der Waals surface area contributed by atoms with Crippen LogP contribution >= 0.6 is 11.8 Å². The molecule has 0 aliphatic carbocycles. The number of aromatic nitrogens is 1. The van der Waals surface area contributed by atoms with Gasteiger partial charge >= 0.3 is 0 Å². The zero-order chi connectivity index (χ0) is 17.7. The molecule has 2 aromatic heterocycles. The standard InChI is InChI=1S/C17H17N3O3S/c1-10-15(11(2)21)7-13(8-18)17(20-10)24-12(3)16(22)19-9-14-5-4-6-23-14/h4-7,12H,9H2,1-3H3,(H,19,22)/t12-/m1/s1. The van der Waals surface area contributed by atoms with E-state index in [1.54, 1.807) is 32.2 Å². The number of rotatable bonds is 6. The van der Waals surface area contributed by atoms with Crippen LogP contribution in [0.2, 0.25) is 0 Å². The number of hydrogen-bond acceptors (Lipinski definition) is 6. The molecule has 6 nitrogen and oxygen atoms in total. The SMILES string of the molecule is CC(=O)c1cc(C#N)c(S[C@H](C)C(=O)NCc2ccco2)nc1C. The number of nitrogens with zero attached hydrogens (tertiary/aromatic N) is 2. The van der Waals surface area contributed by atoms with Crippen molar-refractivity contribution < 1.29 is 14.0 Å². The van der Waals surface area contributed by atoms with E-state index in [9.17, 15) is 14.9 Å². The van der Waals surface area contributed by atoms with Gasteiger partial charge in [0.15, 0.2) is 5.78 Å². The summed E-state index contributed by atoms with van der Waals surface area (Å²) in [6.07, 6.45) is 1.54. The smallest absolute Gasteiger partial charge is 0.233 e. The number of hydrogen-bond donors (Lipinski definition) is 1. The number of thioether (sulfide) groups is 1. The molecule has 0 saturated carbocycles. The van der Waals surface area contributed by atoms with Crippen LogP contribution < -0.4 is 5.32 Å². The molecule has 2 aromatic rings. The Morgan fingerprint density at radius 1 is 1.50 bits per heavy atom. The van der Waals surface area contributed by atoms with Gasteiger partial charge in [-0.05, 0) is 39.0 Å². The first kappa shape index (κ1) is 17.8. The third-order valence-corrected chi connectivity index (χ3v) is 4.45. The lowest BCUT2D eigenvalue weighted by Crippen LogP contribution is -2.30. The van der Waals surface area contributed by atoms with Crippen molar-refractivity contribution in [2.45, 2.75) is 37.6 Å². The van der Waals surface area contributed by atoms with Crippen LogP contribution in [-0.2, 0) is 11.3 Å². The number of carbonyl (C=O) groups is 2. The monoisotopic (exact) mass is 343 g/mol. The molecule has 2 rings (SSSR count). The van der Waals surface area contributed by atoms with Gasteiger partial charge in [0.1, 0.15) is 16.9 Å². The fourth-order valence-corrected chi connectivity index (χ4v) is 3.01. The highest BCUT2D eigenvalue weighted by Gasteiger charge is 2.19. The molecule has 124 valence electrons. The van der Waals surface area contributed by atoms with Crippen LogP contribution in [0, 0.1) is 18.3 Å². The molecule has 0 aliphatic heterocycles. The Hall–Kier alpha value is -2.59. The van der Waals surface area contributed by atoms with E-state index in [1.165, 1.54) is 24.8 Å². The maximum atomic E-state index is 12.2. The third kappa shape index (κ3) is 4.24. The number of pyridine rings is 1. The summed E-state index contributed by atoms with van der Waals surface area (Å²) in [4.78, 5) is 28.0. The summed E-state index contributed by atoms with van der Waals surface area (Å²) in [7, 11) is 0. The number of amides is 1. The van der Waals surface area contributed by atoms with Gasteiger partial charge in [0.25, 0.3) is 0 Å². The van der Waals surface area contributed by atoms with Crippen molar-refractivity contribution in [2.24, 2.45) is 0 Å². The topological polar surface area (TPSA) is 96.0 Å². The third-order valence-electron chi connectivity index (χ3n) is 3.35. The van der Waals surface area contributed by atoms with Crippen molar-refractivity contribution in [3.63, 3.8) is 0 Å². The minimum absolute atomic E-state index is 0.141. The predicted octanol–water partition coefficient (Wildman–Crippen LogP) is 2.85. The van der Waals surface area contributed by atoms with Crippen LogP contribution in [0.4, 0.5) is 0 Å². The number of nitriles is 1. The second kappa shape index (κ2) is 7.79. The largest absolute Gasteiger partial charge is 0.467 e. The number of aryl methyl sites for hydroxylation is 1. The van der Waals surface area contributed by atoms with Crippen LogP contribution in [-0.4, -0.2) is 21.9 Å². The van der Waals surface area contributed by atoms with Crippen molar-refractivity contribution in [3.05, 3.63) is 47.0 Å². The fraction of sp³-hybridized carbons (Fsp3) is 0.294. The first-order valence-corrected chi connectivity index (χ1v) is 8.19. The van der Waals surface area contributed by atoms with Gasteiger partial charge in [0.2, 0.25) is 5.91 Å². The Balaban J connectivity index is 2.09. The molecule has 0 fully saturated rings. The number of carbonyl (C=O) groups excluding carboxylic acids is 2. The summed E-state index contributed by atoms with van der Waals surface area (Å²) in [5.41, 5.74) is 1.26. The Labute approximate surface area is 144 Å². The summed E-state index contributed by atoms with van der Waals surface area (Å²) in [6, 6.07) is 7.09. The first-order chi connectivity index (χ1) is 11.4. The summed E-state index contributed by atoms with van der Waals surface area (Å²) >= 11 is 1.19. The van der Waals surface area contributed by atoms with Crippen molar-refractivity contribution in [1.29, 1.82) is 5.26 Å². The first-order valence-electron chi connectivity index (χ1n) is 7.31. The van der Waals surface area contributed by atoms with Crippen LogP contribution in [0.5, 0.6) is 0 Å². The zero-order valence-electron chi connectivity index (χ0n) is 13.6. The molecule has 0 spiro atoms. The van der Waals surface area contributed by atoms with Crippen molar-refractivity contribution in [3.8, 4) is 6.07 Å². The fourth-order valence-electron chi connectivity index (χ4n) is 2.06. The van der Waals surface area contributed by atoms with E-state index in [-0.39, 0.29) is 11.7 Å². The van der Waals surface area contributed by atoms with E-state index in [2.05, 4.69) is 10.3 Å². The Bertz CT molecular complexity index is 794. The molecule has 0 saturated heterocycles. The van der Waals surface area contributed by atoms with E-state index in [4.69, 9.17) is 4.42 Å². The van der Waals surface area contributed by atoms with Crippen molar-refractivity contribution >= 4 is 23.5 Å². The lowest BCUT2D eigenvalue weighted by atomic mass is 10.1. The number of ketones is 1. The highest BCUT2D eigenvalue weighted by Crippen LogP contribution is 2.27. The van der Waals surface area contributed by atoms with Crippen LogP contribution in [0.15, 0.2) is 33.9 Å². The Kier molecular flexibility index (Phi) is 5.77. The van der Waals surface area contributed by atoms with E-state index < -0.39 is 5.25 Å². The molecule has 1 atom stereocenters. The Morgan fingerprint density at radius 3 is 2.83 bits per heavy atom. The van der Waals surface area contributed by atoms with Gasteiger partial charge in [-0.25, -0.2) is 4.98 Å². The molecule has 7 heteroatoms. The highest BCUT2D eigenvalue weighted by atomic mass is 32.2. The number of nitrogens with one attached hydrogen (secondary N) is 1. The van der Waals surface area contributed by atoms with Crippen LogP contribution in [0.3, 0.4) is 0 Å². The van der Waals surface area contributed by atoms with E-state index in [0.717, 1.165) is 0 Å². The molecule has 0 aromatic carbocycles. The molecular formula is C17H17N3O3S.